The van der Waals surface area contributed by atoms with Gasteiger partial charge in [0.15, 0.2) is 15.9 Å². The van der Waals surface area contributed by atoms with Crippen molar-refractivity contribution in [3.05, 3.63) is 40.2 Å². The largest absolute Gasteiger partial charge is 0.462 e. The molecule has 0 atom stereocenters. The number of hydrogen-bond acceptors (Lipinski definition) is 9. The van der Waals surface area contributed by atoms with Crippen LogP contribution in [-0.4, -0.2) is 51.9 Å². The van der Waals surface area contributed by atoms with E-state index in [4.69, 9.17) is 4.74 Å². The summed E-state index contributed by atoms with van der Waals surface area (Å²) in [6.45, 7) is 6.23. The molecule has 0 saturated carbocycles. The fourth-order valence-electron chi connectivity index (χ4n) is 3.57. The molecule has 0 radical (unpaired) electrons. The minimum Gasteiger partial charge on any atom is -0.462 e. The molecular formula is C22H25N5O4S2. The van der Waals surface area contributed by atoms with Crippen molar-refractivity contribution in [2.75, 3.05) is 35.7 Å². The molecule has 0 bridgehead atoms. The van der Waals surface area contributed by atoms with Crippen LogP contribution in [-0.2, 0) is 16.1 Å². The van der Waals surface area contributed by atoms with Crippen LogP contribution in [0.4, 0.5) is 10.8 Å². The number of nitrogens with zero attached hydrogens (tertiary/aromatic N) is 4. The Morgan fingerprint density at radius 3 is 2.73 bits per heavy atom. The Bertz CT molecular complexity index is 1230. The number of hydrogen-bond donors (Lipinski definition) is 1. The van der Waals surface area contributed by atoms with Crippen molar-refractivity contribution in [2.45, 2.75) is 38.4 Å². The van der Waals surface area contributed by atoms with Gasteiger partial charge in [0.25, 0.3) is 5.56 Å². The van der Waals surface area contributed by atoms with E-state index in [1.54, 1.807) is 35.8 Å². The van der Waals surface area contributed by atoms with Crippen LogP contribution in [0, 0.1) is 0 Å². The summed E-state index contributed by atoms with van der Waals surface area (Å²) in [5, 5.41) is 4.07. The predicted octanol–water partition coefficient (Wildman–Crippen LogP) is 3.38. The Hall–Kier alpha value is -2.92. The highest BCUT2D eigenvalue weighted by atomic mass is 32.2. The van der Waals surface area contributed by atoms with Gasteiger partial charge in [0, 0.05) is 25.3 Å². The van der Waals surface area contributed by atoms with E-state index in [1.165, 1.54) is 23.1 Å². The van der Waals surface area contributed by atoms with Crippen molar-refractivity contribution < 1.29 is 14.3 Å². The molecule has 174 valence electrons. The van der Waals surface area contributed by atoms with Gasteiger partial charge >= 0.3 is 5.97 Å². The number of amides is 1. The summed E-state index contributed by atoms with van der Waals surface area (Å²) >= 11 is 2.57. The van der Waals surface area contributed by atoms with Crippen LogP contribution in [0.25, 0.3) is 10.3 Å². The second-order valence-electron chi connectivity index (χ2n) is 7.43. The minimum absolute atomic E-state index is 0.0602. The summed E-state index contributed by atoms with van der Waals surface area (Å²) in [6, 6.07) is 6.58. The van der Waals surface area contributed by atoms with Crippen molar-refractivity contribution in [2.24, 2.45) is 0 Å². The van der Waals surface area contributed by atoms with Crippen LogP contribution < -0.4 is 15.8 Å². The van der Waals surface area contributed by atoms with E-state index in [9.17, 15) is 14.4 Å². The number of carbonyl (C=O) groups excluding carboxylic acids is 2. The molecule has 1 aromatic carbocycles. The molecule has 1 aliphatic heterocycles. The molecule has 9 nitrogen and oxygen atoms in total. The number of fused-ring (bicyclic) bond motifs is 1. The summed E-state index contributed by atoms with van der Waals surface area (Å²) in [6.07, 6.45) is 2.25. The Balaban J connectivity index is 1.48. The molecule has 0 unspecified atom stereocenters. The van der Waals surface area contributed by atoms with Crippen LogP contribution in [0.3, 0.4) is 0 Å². The fraction of sp³-hybridized carbons (Fsp3) is 0.409. The summed E-state index contributed by atoms with van der Waals surface area (Å²) < 4.78 is 7.12. The number of thiazole rings is 1. The van der Waals surface area contributed by atoms with Gasteiger partial charge in [0.1, 0.15) is 4.70 Å². The Kier molecular flexibility index (Phi) is 7.29. The number of nitrogens with one attached hydrogen (secondary N) is 1. The second-order valence-corrected chi connectivity index (χ2v) is 9.35. The van der Waals surface area contributed by atoms with Crippen LogP contribution >= 0.6 is 23.1 Å². The van der Waals surface area contributed by atoms with Crippen molar-refractivity contribution in [3.8, 4) is 0 Å². The predicted molar refractivity (Wildman–Crippen MR) is 131 cm³/mol. The zero-order chi connectivity index (χ0) is 23.4. The third-order valence-corrected chi connectivity index (χ3v) is 7.22. The fourth-order valence-corrected chi connectivity index (χ4v) is 5.43. The van der Waals surface area contributed by atoms with Crippen LogP contribution in [0.1, 0.15) is 37.0 Å². The number of aromatic nitrogens is 3. The topological polar surface area (TPSA) is 106 Å². The summed E-state index contributed by atoms with van der Waals surface area (Å²) in [5.74, 6) is -0.650. The quantitative estimate of drug-likeness (QED) is 0.293. The number of carbonyl (C=O) groups is 2. The van der Waals surface area contributed by atoms with Gasteiger partial charge in [-0.05, 0) is 44.9 Å². The molecule has 0 spiro atoms. The normalized spacial score (nSPS) is 13.5. The van der Waals surface area contributed by atoms with E-state index >= 15 is 0 Å². The molecule has 33 heavy (non-hydrogen) atoms. The number of anilines is 2. The number of benzene rings is 1. The van der Waals surface area contributed by atoms with Gasteiger partial charge in [-0.25, -0.2) is 9.78 Å². The zero-order valence-corrected chi connectivity index (χ0v) is 20.1. The Morgan fingerprint density at radius 2 is 2.00 bits per heavy atom. The molecule has 3 heterocycles. The lowest BCUT2D eigenvalue weighted by Crippen LogP contribution is -2.23. The standard InChI is InChI=1S/C22H25N5O4S2/c1-3-27-19(29)17-18(24-21(33-17)26-10-5-6-11-26)25-22(27)32-13-16(28)23-15-9-7-8-14(12-15)20(30)31-4-2/h7-9,12H,3-6,10-11,13H2,1-2H3,(H,23,28). The molecule has 3 aromatic rings. The van der Waals surface area contributed by atoms with Gasteiger partial charge in [-0.3, -0.25) is 14.2 Å². The highest BCUT2D eigenvalue weighted by Crippen LogP contribution is 2.29. The van der Waals surface area contributed by atoms with Crippen molar-refractivity contribution >= 4 is 56.1 Å². The van der Waals surface area contributed by atoms with Gasteiger partial charge in [-0.1, -0.05) is 29.2 Å². The molecule has 0 aliphatic carbocycles. The summed E-state index contributed by atoms with van der Waals surface area (Å²) in [5.41, 5.74) is 1.17. The van der Waals surface area contributed by atoms with E-state index in [0.29, 0.717) is 33.3 Å². The van der Waals surface area contributed by atoms with E-state index in [2.05, 4.69) is 20.2 Å². The molecule has 11 heteroatoms. The molecular weight excluding hydrogens is 462 g/mol. The first kappa shape index (κ1) is 23.2. The van der Waals surface area contributed by atoms with E-state index in [0.717, 1.165) is 31.1 Å². The third-order valence-electron chi connectivity index (χ3n) is 5.15. The first-order valence-corrected chi connectivity index (χ1v) is 12.7. The average molecular weight is 488 g/mol. The number of thioether (sulfide) groups is 1. The maximum absolute atomic E-state index is 13.0. The lowest BCUT2D eigenvalue weighted by Gasteiger charge is -2.11. The van der Waals surface area contributed by atoms with Gasteiger partial charge in [-0.2, -0.15) is 4.98 Å². The lowest BCUT2D eigenvalue weighted by molar-refractivity contribution is -0.113. The van der Waals surface area contributed by atoms with Crippen molar-refractivity contribution in [3.63, 3.8) is 0 Å². The van der Waals surface area contributed by atoms with E-state index in [1.807, 2.05) is 6.92 Å². The van der Waals surface area contributed by atoms with Crippen molar-refractivity contribution in [1.29, 1.82) is 0 Å². The summed E-state index contributed by atoms with van der Waals surface area (Å²) in [7, 11) is 0. The molecule has 2 aromatic heterocycles. The van der Waals surface area contributed by atoms with Gasteiger partial charge < -0.3 is 15.0 Å². The van der Waals surface area contributed by atoms with Gasteiger partial charge in [0.05, 0.1) is 17.9 Å². The van der Waals surface area contributed by atoms with Gasteiger partial charge in [0.2, 0.25) is 5.91 Å². The smallest absolute Gasteiger partial charge is 0.338 e. The second kappa shape index (κ2) is 10.3. The maximum atomic E-state index is 13.0. The Labute approximate surface area is 199 Å². The first-order valence-electron chi connectivity index (χ1n) is 10.9. The highest BCUT2D eigenvalue weighted by Gasteiger charge is 2.21. The van der Waals surface area contributed by atoms with Crippen LogP contribution in [0.15, 0.2) is 34.2 Å². The molecule has 1 aliphatic rings. The van der Waals surface area contributed by atoms with Crippen LogP contribution in [0.5, 0.6) is 0 Å². The number of rotatable bonds is 8. The van der Waals surface area contributed by atoms with Crippen LogP contribution in [0.2, 0.25) is 0 Å². The zero-order valence-electron chi connectivity index (χ0n) is 18.5. The first-order chi connectivity index (χ1) is 16.0. The van der Waals surface area contributed by atoms with E-state index in [-0.39, 0.29) is 23.8 Å². The monoisotopic (exact) mass is 487 g/mol. The molecule has 1 saturated heterocycles. The van der Waals surface area contributed by atoms with Gasteiger partial charge in [-0.15, -0.1) is 0 Å². The van der Waals surface area contributed by atoms with Crippen molar-refractivity contribution in [1.82, 2.24) is 14.5 Å². The molecule has 1 fully saturated rings. The summed E-state index contributed by atoms with van der Waals surface area (Å²) in [4.78, 5) is 48.8. The SMILES string of the molecule is CCOC(=O)c1cccc(NC(=O)CSc2nc3nc(N4CCCC4)sc3c(=O)n2CC)c1. The number of ether oxygens (including phenoxy) is 1. The minimum atomic E-state index is -0.441. The van der Waals surface area contributed by atoms with E-state index < -0.39 is 5.97 Å². The molecule has 1 N–H and O–H groups in total. The maximum Gasteiger partial charge on any atom is 0.338 e. The third kappa shape index (κ3) is 5.19. The number of esters is 1. The molecule has 4 rings (SSSR count). The average Bonchev–Trinajstić information content (AvgIpc) is 3.48. The Morgan fingerprint density at radius 1 is 1.21 bits per heavy atom. The lowest BCUT2D eigenvalue weighted by atomic mass is 10.2. The molecule has 1 amide bonds. The highest BCUT2D eigenvalue weighted by molar-refractivity contribution is 7.99.